The smallest absolute Gasteiger partial charge is 0.303 e. The maximum atomic E-state index is 14.4. The number of likely N-dealkylation sites (tertiary alicyclic amines) is 2. The van der Waals surface area contributed by atoms with E-state index in [-0.39, 0.29) is 58.9 Å². The molecule has 0 unspecified atom stereocenters. The number of ketones is 2. The number of carboxylic acids is 1. The molecule has 340 valence electrons. The third-order valence-corrected chi connectivity index (χ3v) is 12.1. The third kappa shape index (κ3) is 16.5. The summed E-state index contributed by atoms with van der Waals surface area (Å²) in [6.07, 6.45) is 7.38. The van der Waals surface area contributed by atoms with Gasteiger partial charge >= 0.3 is 5.97 Å². The average molecular weight is 867 g/mol. The predicted octanol–water partition coefficient (Wildman–Crippen LogP) is 9.38. The molecule has 4 aromatic rings. The van der Waals surface area contributed by atoms with Gasteiger partial charge in [-0.1, -0.05) is 100 Å². The van der Waals surface area contributed by atoms with E-state index in [1.807, 2.05) is 79.7 Å². The van der Waals surface area contributed by atoms with Gasteiger partial charge in [0.05, 0.1) is 17.5 Å². The van der Waals surface area contributed by atoms with Crippen LogP contribution in [-0.2, 0) is 22.4 Å². The summed E-state index contributed by atoms with van der Waals surface area (Å²) in [6, 6.07) is 30.0. The largest absolute Gasteiger partial charge is 0.481 e. The molecule has 4 atom stereocenters. The third-order valence-electron chi connectivity index (χ3n) is 12.1. The van der Waals surface area contributed by atoms with Crippen LogP contribution in [0.1, 0.15) is 134 Å². The molecule has 4 aromatic carbocycles. The Morgan fingerprint density at radius 3 is 1.44 bits per heavy atom. The minimum Gasteiger partial charge on any atom is -0.481 e. The summed E-state index contributed by atoms with van der Waals surface area (Å²) in [7, 11) is 0. The van der Waals surface area contributed by atoms with Crippen molar-refractivity contribution in [1.29, 1.82) is 0 Å². The fourth-order valence-corrected chi connectivity index (χ4v) is 8.30. The van der Waals surface area contributed by atoms with Crippen molar-refractivity contribution in [3.63, 3.8) is 0 Å². The maximum absolute atomic E-state index is 14.4. The van der Waals surface area contributed by atoms with E-state index in [2.05, 4.69) is 22.0 Å². The number of carboxylic acid groups (broad SMARTS) is 1. The lowest BCUT2D eigenvalue weighted by Gasteiger charge is -2.28. The zero-order valence-corrected chi connectivity index (χ0v) is 37.7. The number of nitrogens with zero attached hydrogens (tertiary/aromatic N) is 2. The lowest BCUT2D eigenvalue weighted by molar-refractivity contribution is -0.137. The monoisotopic (exact) mass is 867 g/mol. The van der Waals surface area contributed by atoms with Crippen LogP contribution >= 0.6 is 0 Å². The molecule has 0 aromatic heterocycles. The van der Waals surface area contributed by atoms with Crippen LogP contribution in [0, 0.1) is 11.6 Å². The molecule has 6 rings (SSSR count). The number of aliphatic carboxylic acids is 1. The highest BCUT2D eigenvalue weighted by Gasteiger charge is 2.25. The van der Waals surface area contributed by atoms with Gasteiger partial charge in [0.25, 0.3) is 0 Å². The second kappa shape index (κ2) is 26.5. The normalized spacial score (nSPS) is 15.8. The van der Waals surface area contributed by atoms with Gasteiger partial charge in [0.2, 0.25) is 5.91 Å². The molecule has 0 spiro atoms. The van der Waals surface area contributed by atoms with Crippen LogP contribution in [0.4, 0.5) is 8.78 Å². The Kier molecular flexibility index (Phi) is 21.3. The fraction of sp³-hybridized carbons (Fsp3) is 0.462. The van der Waals surface area contributed by atoms with Crippen molar-refractivity contribution in [3.05, 3.63) is 142 Å². The summed E-state index contributed by atoms with van der Waals surface area (Å²) >= 11 is 0. The molecular weight excluding hydrogens is 799 g/mol. The molecule has 1 amide bonds. The highest BCUT2D eigenvalue weighted by atomic mass is 19.1. The number of rotatable bonds is 19. The van der Waals surface area contributed by atoms with E-state index in [1.54, 1.807) is 26.0 Å². The van der Waals surface area contributed by atoms with Crippen molar-refractivity contribution in [2.24, 2.45) is 5.73 Å². The Balaban J connectivity index is 0.000000232. The van der Waals surface area contributed by atoms with Crippen molar-refractivity contribution in [3.8, 4) is 0 Å². The number of nitrogens with one attached hydrogen (secondary N) is 1. The van der Waals surface area contributed by atoms with Crippen LogP contribution in [0.15, 0.2) is 97.1 Å². The highest BCUT2D eigenvalue weighted by molar-refractivity contribution is 5.96. The molecule has 4 N–H and O–H groups in total. The number of carbonyl (C=O) groups is 4. The lowest BCUT2D eigenvalue weighted by atomic mass is 9.97. The standard InChI is InChI=1S/C26H33FN2O2.C16H23FN2O.C10H12O2/c1-3-25(30)23-12-11-20(17-24(23)27)16-22(29-13-7-8-14-29)18-28-26(31)15-19(2)21-9-5-4-6-10-21;1-2-16(20)14-6-5-12(10-15(14)17)9-13(11-18)19-7-3-4-8-19;1-8(7-10(11)12)9-5-3-2-4-6-9/h4-6,9-12,17,19,22H,3,7-8,13-16,18H2,1-2H3,(H,28,31);5-6,10,13H,2-4,7-9,11,18H2,1H3;2-6,8H,7H2,1H3,(H,11,12)/t19-,22-;13-;8-/m000/s1. The van der Waals surface area contributed by atoms with Gasteiger partial charge in [-0.25, -0.2) is 8.78 Å². The first-order valence-corrected chi connectivity index (χ1v) is 22.7. The van der Waals surface area contributed by atoms with Crippen LogP contribution in [-0.4, -0.2) is 89.7 Å². The van der Waals surface area contributed by atoms with E-state index in [0.29, 0.717) is 38.8 Å². The summed E-state index contributed by atoms with van der Waals surface area (Å²) in [5.41, 5.74) is 10.2. The number of benzene rings is 4. The van der Waals surface area contributed by atoms with E-state index < -0.39 is 17.6 Å². The molecular formula is C52H68F2N4O5. The van der Waals surface area contributed by atoms with Gasteiger partial charge in [-0.3, -0.25) is 29.0 Å². The van der Waals surface area contributed by atoms with Crippen LogP contribution in [0.2, 0.25) is 0 Å². The summed E-state index contributed by atoms with van der Waals surface area (Å²) in [4.78, 5) is 51.1. The molecule has 2 heterocycles. The molecule has 2 aliphatic rings. The zero-order valence-electron chi connectivity index (χ0n) is 37.7. The SMILES string of the molecule is CCC(=O)c1ccc(C[C@@H](CN)N2CCCC2)cc1F.CCC(=O)c1ccc(C[C@@H](CNC(=O)C[C@H](C)c2ccccc2)N2CCCC2)cc1F.C[C@@H](CC(=O)O)c1ccccc1. The average Bonchev–Trinajstić information content (AvgIpc) is 4.04. The molecule has 11 heteroatoms. The predicted molar refractivity (Wildman–Crippen MR) is 247 cm³/mol. The molecule has 0 radical (unpaired) electrons. The molecule has 9 nitrogen and oxygen atoms in total. The van der Waals surface area contributed by atoms with Crippen LogP contribution in [0.25, 0.3) is 0 Å². The van der Waals surface area contributed by atoms with Crippen LogP contribution < -0.4 is 11.1 Å². The van der Waals surface area contributed by atoms with Crippen molar-refractivity contribution in [1.82, 2.24) is 15.1 Å². The van der Waals surface area contributed by atoms with Crippen LogP contribution in [0.5, 0.6) is 0 Å². The van der Waals surface area contributed by atoms with Gasteiger partial charge < -0.3 is 16.2 Å². The lowest BCUT2D eigenvalue weighted by Crippen LogP contribution is -2.44. The fourth-order valence-electron chi connectivity index (χ4n) is 8.30. The van der Waals surface area contributed by atoms with E-state index in [9.17, 15) is 28.0 Å². The minimum atomic E-state index is -0.744. The Labute approximate surface area is 373 Å². The Morgan fingerprint density at radius 2 is 1.05 bits per heavy atom. The van der Waals surface area contributed by atoms with E-state index >= 15 is 0 Å². The number of Topliss-reactive ketones (excluding diaryl/α,β-unsaturated/α-hetero) is 2. The van der Waals surface area contributed by atoms with Crippen molar-refractivity contribution in [2.45, 2.75) is 116 Å². The van der Waals surface area contributed by atoms with Gasteiger partial charge in [-0.15, -0.1) is 0 Å². The number of amides is 1. The first-order valence-electron chi connectivity index (χ1n) is 22.7. The summed E-state index contributed by atoms with van der Waals surface area (Å²) in [5.74, 6) is -1.64. The highest BCUT2D eigenvalue weighted by Crippen LogP contribution is 2.22. The number of nitrogens with two attached hydrogens (primary N) is 1. The number of hydrogen-bond donors (Lipinski definition) is 3. The second-order valence-electron chi connectivity index (χ2n) is 16.8. The van der Waals surface area contributed by atoms with E-state index in [1.165, 1.54) is 25.0 Å². The molecule has 0 saturated carbocycles. The van der Waals surface area contributed by atoms with Crippen LogP contribution in [0.3, 0.4) is 0 Å². The first-order chi connectivity index (χ1) is 30.3. The second-order valence-corrected chi connectivity index (χ2v) is 16.8. The van der Waals surface area contributed by atoms with Gasteiger partial charge in [-0.2, -0.15) is 0 Å². The van der Waals surface area contributed by atoms with Crippen molar-refractivity contribution in [2.75, 3.05) is 39.3 Å². The van der Waals surface area contributed by atoms with E-state index in [0.717, 1.165) is 67.7 Å². The summed E-state index contributed by atoms with van der Waals surface area (Å²) in [5, 5.41) is 11.7. The molecule has 2 aliphatic heterocycles. The number of carbonyl (C=O) groups excluding carboxylic acids is 3. The maximum Gasteiger partial charge on any atom is 0.303 e. The van der Waals surface area contributed by atoms with Gasteiger partial charge in [0.15, 0.2) is 11.6 Å². The molecule has 63 heavy (non-hydrogen) atoms. The molecule has 2 fully saturated rings. The summed E-state index contributed by atoms with van der Waals surface area (Å²) < 4.78 is 28.4. The topological polar surface area (TPSA) is 133 Å². The summed E-state index contributed by atoms with van der Waals surface area (Å²) in [6.45, 7) is 12.7. The van der Waals surface area contributed by atoms with Gasteiger partial charge in [0, 0.05) is 44.4 Å². The minimum absolute atomic E-state index is 0.0376. The van der Waals surface area contributed by atoms with E-state index in [4.69, 9.17) is 10.8 Å². The van der Waals surface area contributed by atoms with Gasteiger partial charge in [0.1, 0.15) is 11.6 Å². The first kappa shape index (κ1) is 50.5. The zero-order chi connectivity index (χ0) is 45.7. The van der Waals surface area contributed by atoms with Crippen molar-refractivity contribution < 1.29 is 33.1 Å². The quantitative estimate of drug-likeness (QED) is 0.0795. The Bertz CT molecular complexity index is 2040. The van der Waals surface area contributed by atoms with Crippen molar-refractivity contribution >= 4 is 23.4 Å². The number of halogens is 2. The Morgan fingerprint density at radius 1 is 0.635 bits per heavy atom. The number of hydrogen-bond acceptors (Lipinski definition) is 7. The molecule has 0 bridgehead atoms. The Hall–Kier alpha value is -5.10. The molecule has 0 aliphatic carbocycles. The van der Waals surface area contributed by atoms with Gasteiger partial charge in [-0.05, 0) is 123 Å². The molecule has 2 saturated heterocycles.